The third-order valence-corrected chi connectivity index (χ3v) is 2.67. The minimum atomic E-state index is -1.09. The minimum absolute atomic E-state index is 0.0153. The summed E-state index contributed by atoms with van der Waals surface area (Å²) in [4.78, 5) is 35.4. The first-order chi connectivity index (χ1) is 9.54. The Labute approximate surface area is 114 Å². The van der Waals surface area contributed by atoms with E-state index in [1.807, 2.05) is 0 Å². The number of carboxylic acid groups (broad SMARTS) is 1. The molecule has 20 heavy (non-hydrogen) atoms. The number of nitrogens with one attached hydrogen (secondary N) is 1. The van der Waals surface area contributed by atoms with Gasteiger partial charge in [0.1, 0.15) is 6.61 Å². The largest absolute Gasteiger partial charge is 0.478 e. The Morgan fingerprint density at radius 2 is 2.25 bits per heavy atom. The molecule has 1 heterocycles. The molecule has 2 amide bonds. The molecule has 1 aliphatic rings. The maximum Gasteiger partial charge on any atom is 0.421 e. The number of carboxylic acids is 1. The van der Waals surface area contributed by atoms with E-state index in [2.05, 4.69) is 11.9 Å². The lowest BCUT2D eigenvalue weighted by molar-refractivity contribution is -0.116. The summed E-state index contributed by atoms with van der Waals surface area (Å²) in [5, 5.41) is 11.7. The number of hydrogen-bond acceptors (Lipinski definition) is 5. The average molecular weight is 276 g/mol. The Kier molecular flexibility index (Phi) is 3.69. The van der Waals surface area contributed by atoms with Crippen molar-refractivity contribution < 1.29 is 24.2 Å². The molecule has 0 atom stereocenters. The van der Waals surface area contributed by atoms with Gasteiger partial charge in [-0.3, -0.25) is 4.79 Å². The van der Waals surface area contributed by atoms with Gasteiger partial charge < -0.3 is 15.2 Å². The molecule has 0 fully saturated rings. The number of carbonyl (C=O) groups excluding carboxylic acids is 2. The molecule has 0 unspecified atom stereocenters. The Morgan fingerprint density at radius 3 is 2.90 bits per heavy atom. The molecule has 0 bridgehead atoms. The molecular weight excluding hydrogens is 264 g/mol. The molecule has 0 spiro atoms. The van der Waals surface area contributed by atoms with E-state index >= 15 is 0 Å². The SMILES string of the molecule is C=CCOC(=O)N1C(=O)CNc2cc(C(=O)O)ccc21. The fraction of sp³-hybridized carbons (Fsp3) is 0.154. The quantitative estimate of drug-likeness (QED) is 0.811. The lowest BCUT2D eigenvalue weighted by Gasteiger charge is -2.27. The molecule has 2 rings (SSSR count). The maximum atomic E-state index is 11.8. The normalized spacial score (nSPS) is 13.2. The fourth-order valence-corrected chi connectivity index (χ4v) is 1.78. The van der Waals surface area contributed by atoms with Crippen LogP contribution in [0.1, 0.15) is 10.4 Å². The number of aromatic carboxylic acids is 1. The van der Waals surface area contributed by atoms with Crippen molar-refractivity contribution in [2.45, 2.75) is 0 Å². The van der Waals surface area contributed by atoms with Crippen LogP contribution in [0.5, 0.6) is 0 Å². The van der Waals surface area contributed by atoms with Crippen LogP contribution in [0.15, 0.2) is 30.9 Å². The Morgan fingerprint density at radius 1 is 1.50 bits per heavy atom. The number of imide groups is 1. The van der Waals surface area contributed by atoms with Gasteiger partial charge in [0.25, 0.3) is 5.91 Å². The van der Waals surface area contributed by atoms with Gasteiger partial charge in [-0.2, -0.15) is 0 Å². The van der Waals surface area contributed by atoms with Crippen molar-refractivity contribution in [3.8, 4) is 0 Å². The second-order valence-electron chi connectivity index (χ2n) is 3.99. The zero-order chi connectivity index (χ0) is 14.7. The van der Waals surface area contributed by atoms with Crippen molar-refractivity contribution in [1.29, 1.82) is 0 Å². The van der Waals surface area contributed by atoms with Crippen LogP contribution < -0.4 is 10.2 Å². The third-order valence-electron chi connectivity index (χ3n) is 2.67. The highest BCUT2D eigenvalue weighted by Crippen LogP contribution is 2.31. The summed E-state index contributed by atoms with van der Waals surface area (Å²) in [6.07, 6.45) is 0.569. The van der Waals surface area contributed by atoms with Crippen molar-refractivity contribution in [3.63, 3.8) is 0 Å². The topological polar surface area (TPSA) is 95.9 Å². The van der Waals surface area contributed by atoms with Crippen LogP contribution in [0.25, 0.3) is 0 Å². The predicted molar refractivity (Wildman–Crippen MR) is 70.9 cm³/mol. The predicted octanol–water partition coefficient (Wildman–Crippen LogP) is 1.47. The smallest absolute Gasteiger partial charge is 0.421 e. The standard InChI is InChI=1S/C13H12N2O5/c1-2-5-20-13(19)15-10-4-3-8(12(17)18)6-9(10)14-7-11(15)16/h2-4,6,14H,1,5,7H2,(H,17,18). The van der Waals surface area contributed by atoms with E-state index in [9.17, 15) is 14.4 Å². The van der Waals surface area contributed by atoms with Gasteiger partial charge in [-0.25, -0.2) is 14.5 Å². The fourth-order valence-electron chi connectivity index (χ4n) is 1.78. The summed E-state index contributed by atoms with van der Waals surface area (Å²) >= 11 is 0. The van der Waals surface area contributed by atoms with Gasteiger partial charge in [-0.05, 0) is 18.2 Å². The number of anilines is 2. The zero-order valence-corrected chi connectivity index (χ0v) is 10.5. The molecule has 1 aromatic carbocycles. The van der Waals surface area contributed by atoms with E-state index in [4.69, 9.17) is 9.84 Å². The second kappa shape index (κ2) is 5.43. The summed E-state index contributed by atoms with van der Waals surface area (Å²) in [6.45, 7) is 3.29. The molecule has 0 saturated heterocycles. The highest BCUT2D eigenvalue weighted by atomic mass is 16.6. The first-order valence-corrected chi connectivity index (χ1v) is 5.76. The highest BCUT2D eigenvalue weighted by Gasteiger charge is 2.31. The van der Waals surface area contributed by atoms with Gasteiger partial charge >= 0.3 is 12.1 Å². The average Bonchev–Trinajstić information content (AvgIpc) is 2.44. The summed E-state index contributed by atoms with van der Waals surface area (Å²) in [7, 11) is 0. The van der Waals surface area contributed by atoms with Crippen molar-refractivity contribution in [2.24, 2.45) is 0 Å². The first kappa shape index (κ1) is 13.6. The molecule has 104 valence electrons. The molecule has 0 radical (unpaired) electrons. The molecule has 1 aliphatic heterocycles. The van der Waals surface area contributed by atoms with Crippen LogP contribution in [0, 0.1) is 0 Å². The number of amides is 2. The van der Waals surface area contributed by atoms with Crippen molar-refractivity contribution in [3.05, 3.63) is 36.4 Å². The van der Waals surface area contributed by atoms with Gasteiger partial charge in [0.2, 0.25) is 0 Å². The second-order valence-corrected chi connectivity index (χ2v) is 3.99. The van der Waals surface area contributed by atoms with Crippen molar-refractivity contribution >= 4 is 29.3 Å². The van der Waals surface area contributed by atoms with Crippen LogP contribution in [0.4, 0.5) is 16.2 Å². The van der Waals surface area contributed by atoms with E-state index in [0.29, 0.717) is 5.69 Å². The van der Waals surface area contributed by atoms with E-state index in [1.165, 1.54) is 24.3 Å². The van der Waals surface area contributed by atoms with Crippen molar-refractivity contribution in [1.82, 2.24) is 0 Å². The number of fused-ring (bicyclic) bond motifs is 1. The number of rotatable bonds is 3. The number of benzene rings is 1. The first-order valence-electron chi connectivity index (χ1n) is 5.76. The molecule has 2 N–H and O–H groups in total. The van der Waals surface area contributed by atoms with Gasteiger partial charge in [-0.1, -0.05) is 12.7 Å². The Balaban J connectivity index is 2.36. The van der Waals surface area contributed by atoms with Gasteiger partial charge in [0.15, 0.2) is 0 Å². The van der Waals surface area contributed by atoms with Gasteiger partial charge in [0, 0.05) is 0 Å². The van der Waals surface area contributed by atoms with Gasteiger partial charge in [-0.15, -0.1) is 0 Å². The van der Waals surface area contributed by atoms with E-state index in [0.717, 1.165) is 4.90 Å². The molecule has 0 aliphatic carbocycles. The summed E-state index contributed by atoms with van der Waals surface area (Å²) in [5.41, 5.74) is 0.713. The molecule has 0 saturated carbocycles. The maximum absolute atomic E-state index is 11.8. The lowest BCUT2D eigenvalue weighted by Crippen LogP contribution is -2.44. The zero-order valence-electron chi connectivity index (χ0n) is 10.5. The summed E-state index contributed by atoms with van der Waals surface area (Å²) in [6, 6.07) is 4.06. The third kappa shape index (κ3) is 2.46. The molecular formula is C13H12N2O5. The van der Waals surface area contributed by atoms with Crippen molar-refractivity contribution in [2.75, 3.05) is 23.4 Å². The number of nitrogens with zero attached hydrogens (tertiary/aromatic N) is 1. The number of hydrogen-bond donors (Lipinski definition) is 2. The molecule has 0 aromatic heterocycles. The lowest BCUT2D eigenvalue weighted by atomic mass is 10.1. The van der Waals surface area contributed by atoms with Crippen LogP contribution in [-0.4, -0.2) is 36.2 Å². The van der Waals surface area contributed by atoms with E-state index in [1.54, 1.807) is 0 Å². The van der Waals surface area contributed by atoms with Crippen LogP contribution in [0.2, 0.25) is 0 Å². The van der Waals surface area contributed by atoms with Crippen LogP contribution in [0.3, 0.4) is 0 Å². The highest BCUT2D eigenvalue weighted by molar-refractivity contribution is 6.17. The summed E-state index contributed by atoms with van der Waals surface area (Å²) in [5.74, 6) is -1.57. The number of ether oxygens (including phenoxy) is 1. The van der Waals surface area contributed by atoms with Crippen LogP contribution in [-0.2, 0) is 9.53 Å². The van der Waals surface area contributed by atoms with E-state index in [-0.39, 0.29) is 24.4 Å². The number of carbonyl (C=O) groups is 3. The van der Waals surface area contributed by atoms with E-state index < -0.39 is 18.0 Å². The molecule has 7 nitrogen and oxygen atoms in total. The van der Waals surface area contributed by atoms with Gasteiger partial charge in [0.05, 0.1) is 23.5 Å². The van der Waals surface area contributed by atoms with Crippen LogP contribution >= 0.6 is 0 Å². The Bertz CT molecular complexity index is 596. The Hall–Kier alpha value is -2.83. The molecule has 1 aromatic rings. The minimum Gasteiger partial charge on any atom is -0.478 e. The summed E-state index contributed by atoms with van der Waals surface area (Å²) < 4.78 is 4.84. The molecule has 7 heteroatoms. The monoisotopic (exact) mass is 276 g/mol.